The first-order valence-electron chi connectivity index (χ1n) is 9.15. The van der Waals surface area contributed by atoms with Crippen LogP contribution >= 0.6 is 0 Å². The van der Waals surface area contributed by atoms with Gasteiger partial charge in [-0.05, 0) is 30.8 Å². The van der Waals surface area contributed by atoms with Gasteiger partial charge in [-0.2, -0.15) is 0 Å². The van der Waals surface area contributed by atoms with Crippen molar-refractivity contribution in [3.05, 3.63) is 75.6 Å². The lowest BCUT2D eigenvalue weighted by Gasteiger charge is -2.38. The molecule has 148 valence electrons. The van der Waals surface area contributed by atoms with E-state index >= 15 is 0 Å². The third kappa shape index (κ3) is 4.90. The Kier molecular flexibility index (Phi) is 6.33. The molecule has 1 amide bonds. The largest absolute Gasteiger partial charge is 0.350 e. The predicted octanol–water partition coefficient (Wildman–Crippen LogP) is 2.45. The Hall–Kier alpha value is -2.84. The first-order chi connectivity index (χ1) is 13.4. The van der Waals surface area contributed by atoms with Gasteiger partial charge < -0.3 is 10.2 Å². The molecule has 1 saturated heterocycles. The molecule has 8 heteroatoms. The first kappa shape index (κ1) is 19.9. The Morgan fingerprint density at radius 3 is 2.50 bits per heavy atom. The maximum atomic E-state index is 13.3. The summed E-state index contributed by atoms with van der Waals surface area (Å²) in [6.07, 6.45) is 0. The summed E-state index contributed by atoms with van der Waals surface area (Å²) in [7, 11) is 2.06. The fourth-order valence-electron chi connectivity index (χ4n) is 3.33. The molecule has 0 radical (unpaired) electrons. The summed E-state index contributed by atoms with van der Waals surface area (Å²) >= 11 is 0. The van der Waals surface area contributed by atoms with Crippen molar-refractivity contribution in [1.82, 2.24) is 15.1 Å². The van der Waals surface area contributed by atoms with E-state index in [0.29, 0.717) is 6.54 Å². The minimum absolute atomic E-state index is 0.100. The van der Waals surface area contributed by atoms with Gasteiger partial charge in [0.25, 0.3) is 11.6 Å². The van der Waals surface area contributed by atoms with Crippen LogP contribution < -0.4 is 5.32 Å². The fourth-order valence-corrected chi connectivity index (χ4v) is 3.33. The summed E-state index contributed by atoms with van der Waals surface area (Å²) in [5.74, 6) is -0.675. The predicted molar refractivity (Wildman–Crippen MR) is 104 cm³/mol. The lowest BCUT2D eigenvalue weighted by molar-refractivity contribution is -0.384. The van der Waals surface area contributed by atoms with Gasteiger partial charge in [-0.25, -0.2) is 4.39 Å². The van der Waals surface area contributed by atoms with Gasteiger partial charge in [0.05, 0.1) is 11.0 Å². The second-order valence-electron chi connectivity index (χ2n) is 6.92. The van der Waals surface area contributed by atoms with Crippen LogP contribution in [0.25, 0.3) is 0 Å². The van der Waals surface area contributed by atoms with Crippen molar-refractivity contribution >= 4 is 11.6 Å². The van der Waals surface area contributed by atoms with Gasteiger partial charge in [-0.15, -0.1) is 0 Å². The van der Waals surface area contributed by atoms with Crippen LogP contribution in [0.3, 0.4) is 0 Å². The molecule has 1 aliphatic heterocycles. The lowest BCUT2D eigenvalue weighted by Crippen LogP contribution is -2.48. The van der Waals surface area contributed by atoms with Crippen LogP contribution in [0.1, 0.15) is 22.0 Å². The van der Waals surface area contributed by atoms with E-state index in [0.717, 1.165) is 31.7 Å². The van der Waals surface area contributed by atoms with E-state index in [1.54, 1.807) is 18.2 Å². The number of hydrogen-bond donors (Lipinski definition) is 1. The van der Waals surface area contributed by atoms with Crippen LogP contribution in [-0.4, -0.2) is 60.4 Å². The molecule has 0 bridgehead atoms. The number of hydrogen-bond acceptors (Lipinski definition) is 5. The normalized spacial score (nSPS) is 16.5. The summed E-state index contributed by atoms with van der Waals surface area (Å²) in [6, 6.07) is 11.9. The monoisotopic (exact) mass is 386 g/mol. The summed E-state index contributed by atoms with van der Waals surface area (Å²) in [5, 5.41) is 13.8. The van der Waals surface area contributed by atoms with Crippen LogP contribution in [0.15, 0.2) is 48.5 Å². The maximum Gasteiger partial charge on any atom is 0.270 e. The number of piperazine rings is 1. The Morgan fingerprint density at radius 2 is 1.86 bits per heavy atom. The van der Waals surface area contributed by atoms with Gasteiger partial charge in [-0.3, -0.25) is 19.8 Å². The number of rotatable bonds is 6. The number of halogens is 1. The average molecular weight is 386 g/mol. The van der Waals surface area contributed by atoms with E-state index in [4.69, 9.17) is 0 Å². The molecular formula is C20H23FN4O3. The first-order valence-corrected chi connectivity index (χ1v) is 9.15. The van der Waals surface area contributed by atoms with Crippen molar-refractivity contribution in [2.24, 2.45) is 0 Å². The minimum Gasteiger partial charge on any atom is -0.350 e. The molecule has 1 heterocycles. The van der Waals surface area contributed by atoms with Gasteiger partial charge in [0.2, 0.25) is 0 Å². The summed E-state index contributed by atoms with van der Waals surface area (Å²) in [6.45, 7) is 3.83. The van der Waals surface area contributed by atoms with E-state index in [-0.39, 0.29) is 29.0 Å². The zero-order chi connectivity index (χ0) is 20.1. The molecule has 1 atom stereocenters. The lowest BCUT2D eigenvalue weighted by atomic mass is 10.0. The van der Waals surface area contributed by atoms with Crippen LogP contribution in [0.4, 0.5) is 10.1 Å². The van der Waals surface area contributed by atoms with Crippen LogP contribution in [-0.2, 0) is 0 Å². The minimum atomic E-state index is -0.525. The molecule has 0 aliphatic carbocycles. The Balaban J connectivity index is 1.74. The molecule has 1 aliphatic rings. The van der Waals surface area contributed by atoms with Crippen LogP contribution in [0, 0.1) is 15.9 Å². The molecule has 1 fully saturated rings. The molecule has 0 spiro atoms. The quantitative estimate of drug-likeness (QED) is 0.609. The van der Waals surface area contributed by atoms with Crippen LogP contribution in [0.2, 0.25) is 0 Å². The zero-order valence-electron chi connectivity index (χ0n) is 15.7. The number of nitro benzene ring substituents is 1. The van der Waals surface area contributed by atoms with E-state index in [2.05, 4.69) is 22.2 Å². The van der Waals surface area contributed by atoms with Crippen molar-refractivity contribution in [3.63, 3.8) is 0 Å². The molecular weight excluding hydrogens is 363 g/mol. The average Bonchev–Trinajstić information content (AvgIpc) is 2.70. The molecule has 2 aromatic rings. The number of nitrogens with one attached hydrogen (secondary N) is 1. The molecule has 0 aromatic heterocycles. The molecule has 0 saturated carbocycles. The SMILES string of the molecule is CN1CCN([C@@H](CNC(=O)c2cccc([N+](=O)[O-])c2)c2ccc(F)cc2)CC1. The van der Waals surface area contributed by atoms with Crippen LogP contribution in [0.5, 0.6) is 0 Å². The van der Waals surface area contributed by atoms with Crippen molar-refractivity contribution in [2.45, 2.75) is 6.04 Å². The summed E-state index contributed by atoms with van der Waals surface area (Å²) in [4.78, 5) is 27.4. The topological polar surface area (TPSA) is 78.7 Å². The summed E-state index contributed by atoms with van der Waals surface area (Å²) in [5.41, 5.74) is 1.04. The summed E-state index contributed by atoms with van der Waals surface area (Å²) < 4.78 is 13.3. The van der Waals surface area contributed by atoms with E-state index in [1.165, 1.54) is 30.3 Å². The van der Waals surface area contributed by atoms with E-state index in [9.17, 15) is 19.3 Å². The smallest absolute Gasteiger partial charge is 0.270 e. The number of carbonyl (C=O) groups excluding carboxylic acids is 1. The van der Waals surface area contributed by atoms with Crippen molar-refractivity contribution in [1.29, 1.82) is 0 Å². The van der Waals surface area contributed by atoms with Crippen molar-refractivity contribution in [3.8, 4) is 0 Å². The molecule has 1 N–H and O–H groups in total. The van der Waals surface area contributed by atoms with Gasteiger partial charge in [0, 0.05) is 50.4 Å². The highest BCUT2D eigenvalue weighted by Crippen LogP contribution is 2.22. The Labute approximate surface area is 162 Å². The number of nitro groups is 1. The second-order valence-corrected chi connectivity index (χ2v) is 6.92. The highest BCUT2D eigenvalue weighted by Gasteiger charge is 2.25. The van der Waals surface area contributed by atoms with E-state index in [1.807, 2.05) is 0 Å². The number of amides is 1. The third-order valence-electron chi connectivity index (χ3n) is 5.01. The Morgan fingerprint density at radius 1 is 1.18 bits per heavy atom. The van der Waals surface area contributed by atoms with Gasteiger partial charge in [-0.1, -0.05) is 18.2 Å². The molecule has 2 aromatic carbocycles. The number of carbonyl (C=O) groups is 1. The van der Waals surface area contributed by atoms with Crippen molar-refractivity contribution in [2.75, 3.05) is 39.8 Å². The second kappa shape index (κ2) is 8.90. The number of nitrogens with zero attached hydrogens (tertiary/aromatic N) is 3. The maximum absolute atomic E-state index is 13.3. The van der Waals surface area contributed by atoms with Crippen molar-refractivity contribution < 1.29 is 14.1 Å². The fraction of sp³-hybridized carbons (Fsp3) is 0.350. The van der Waals surface area contributed by atoms with Gasteiger partial charge >= 0.3 is 0 Å². The number of likely N-dealkylation sites (N-methyl/N-ethyl adjacent to an activating group) is 1. The number of benzene rings is 2. The number of non-ortho nitro benzene ring substituents is 1. The molecule has 7 nitrogen and oxygen atoms in total. The van der Waals surface area contributed by atoms with Gasteiger partial charge in [0.15, 0.2) is 0 Å². The Bertz CT molecular complexity index is 836. The third-order valence-corrected chi connectivity index (χ3v) is 5.01. The van der Waals surface area contributed by atoms with E-state index < -0.39 is 4.92 Å². The highest BCUT2D eigenvalue weighted by atomic mass is 19.1. The highest BCUT2D eigenvalue weighted by molar-refractivity contribution is 5.94. The molecule has 0 unspecified atom stereocenters. The standard InChI is InChI=1S/C20H23FN4O3/c1-23-9-11-24(12-10-23)19(15-5-7-17(21)8-6-15)14-22-20(26)16-3-2-4-18(13-16)25(27)28/h2-8,13,19H,9-12,14H2,1H3,(H,22,26)/t19-/m0/s1. The molecule has 28 heavy (non-hydrogen) atoms. The van der Waals surface area contributed by atoms with Gasteiger partial charge in [0.1, 0.15) is 5.82 Å². The zero-order valence-corrected chi connectivity index (χ0v) is 15.7. The molecule has 3 rings (SSSR count).